The lowest BCUT2D eigenvalue weighted by Gasteiger charge is -2.19. The zero-order valence-corrected chi connectivity index (χ0v) is 11.2. The molecule has 2 aromatic heterocycles. The minimum absolute atomic E-state index is 0.147. The van der Waals surface area contributed by atoms with Crippen LogP contribution in [0.3, 0.4) is 0 Å². The van der Waals surface area contributed by atoms with Crippen LogP contribution in [0.2, 0.25) is 0 Å². The van der Waals surface area contributed by atoms with E-state index in [1.165, 1.54) is 11.1 Å². The highest BCUT2D eigenvalue weighted by Gasteiger charge is 2.18. The van der Waals surface area contributed by atoms with Crippen LogP contribution < -0.4 is 5.32 Å². The van der Waals surface area contributed by atoms with Gasteiger partial charge in [-0.05, 0) is 36.2 Å². The summed E-state index contributed by atoms with van der Waals surface area (Å²) < 4.78 is 1.84. The second-order valence-corrected chi connectivity index (χ2v) is 4.33. The third-order valence-corrected chi connectivity index (χ3v) is 3.07. The van der Waals surface area contributed by atoms with Gasteiger partial charge in [0.2, 0.25) is 0 Å². The molecule has 2 heterocycles. The van der Waals surface area contributed by atoms with E-state index in [0.29, 0.717) is 0 Å². The van der Waals surface area contributed by atoms with E-state index >= 15 is 0 Å². The van der Waals surface area contributed by atoms with Crippen molar-refractivity contribution in [2.75, 3.05) is 6.54 Å². The number of aromatic nitrogens is 3. The fraction of sp³-hybridized carbons (Fsp3) is 0.429. The largest absolute Gasteiger partial charge is 0.305 e. The van der Waals surface area contributed by atoms with Gasteiger partial charge in [0.05, 0.1) is 11.7 Å². The van der Waals surface area contributed by atoms with Crippen molar-refractivity contribution >= 4 is 0 Å². The number of aryl methyl sites for hydroxylation is 2. The van der Waals surface area contributed by atoms with E-state index in [1.807, 2.05) is 30.3 Å². The van der Waals surface area contributed by atoms with E-state index in [-0.39, 0.29) is 6.04 Å². The summed E-state index contributed by atoms with van der Waals surface area (Å²) in [5, 5.41) is 8.01. The second-order valence-electron chi connectivity index (χ2n) is 4.33. The lowest BCUT2D eigenvalue weighted by atomic mass is 9.98. The summed E-state index contributed by atoms with van der Waals surface area (Å²) in [4.78, 5) is 4.20. The van der Waals surface area contributed by atoms with Crippen LogP contribution in [0.15, 0.2) is 30.7 Å². The first kappa shape index (κ1) is 12.8. The van der Waals surface area contributed by atoms with Crippen molar-refractivity contribution in [1.29, 1.82) is 0 Å². The molecule has 0 saturated heterocycles. The lowest BCUT2D eigenvalue weighted by Crippen LogP contribution is -2.23. The van der Waals surface area contributed by atoms with Crippen molar-refractivity contribution in [2.45, 2.75) is 26.3 Å². The molecule has 0 bridgehead atoms. The summed E-state index contributed by atoms with van der Waals surface area (Å²) >= 11 is 0. The van der Waals surface area contributed by atoms with E-state index in [4.69, 9.17) is 0 Å². The predicted octanol–water partition coefficient (Wildman–Crippen LogP) is 2.08. The van der Waals surface area contributed by atoms with Gasteiger partial charge in [-0.2, -0.15) is 5.10 Å². The number of hydrogen-bond donors (Lipinski definition) is 1. The number of hydrogen-bond acceptors (Lipinski definition) is 3. The van der Waals surface area contributed by atoms with Gasteiger partial charge in [-0.3, -0.25) is 9.67 Å². The summed E-state index contributed by atoms with van der Waals surface area (Å²) in [7, 11) is 1.94. The summed E-state index contributed by atoms with van der Waals surface area (Å²) in [6, 6.07) is 4.29. The van der Waals surface area contributed by atoms with Crippen LogP contribution in [0, 0.1) is 0 Å². The highest BCUT2D eigenvalue weighted by molar-refractivity contribution is 5.32. The van der Waals surface area contributed by atoms with Crippen molar-refractivity contribution in [3.05, 3.63) is 47.5 Å². The molecule has 96 valence electrons. The molecule has 0 spiro atoms. The average Bonchev–Trinajstić information content (AvgIpc) is 2.82. The smallest absolute Gasteiger partial charge is 0.0839 e. The van der Waals surface area contributed by atoms with E-state index in [1.54, 1.807) is 0 Å². The van der Waals surface area contributed by atoms with Crippen LogP contribution in [0.4, 0.5) is 0 Å². The van der Waals surface area contributed by atoms with Gasteiger partial charge in [-0.15, -0.1) is 0 Å². The molecule has 1 atom stereocenters. The van der Waals surface area contributed by atoms with Crippen LogP contribution in [-0.4, -0.2) is 21.3 Å². The van der Waals surface area contributed by atoms with Gasteiger partial charge < -0.3 is 5.32 Å². The van der Waals surface area contributed by atoms with E-state index in [2.05, 4.69) is 41.4 Å². The van der Waals surface area contributed by atoms with Crippen molar-refractivity contribution in [3.63, 3.8) is 0 Å². The van der Waals surface area contributed by atoms with Gasteiger partial charge in [-0.1, -0.05) is 13.8 Å². The summed E-state index contributed by atoms with van der Waals surface area (Å²) in [5.41, 5.74) is 3.60. The Morgan fingerprint density at radius 2 is 2.17 bits per heavy atom. The number of nitrogens with zero attached hydrogens (tertiary/aromatic N) is 3. The predicted molar refractivity (Wildman–Crippen MR) is 72.3 cm³/mol. The standard InChI is InChI=1S/C14H20N4/c1-4-11-10-15-8-6-12(11)14(16-5-2)13-7-9-18(3)17-13/h6-10,14,16H,4-5H2,1-3H3. The van der Waals surface area contributed by atoms with Crippen LogP contribution >= 0.6 is 0 Å². The molecule has 0 aliphatic heterocycles. The maximum Gasteiger partial charge on any atom is 0.0839 e. The van der Waals surface area contributed by atoms with Gasteiger partial charge in [0.15, 0.2) is 0 Å². The van der Waals surface area contributed by atoms with Crippen molar-refractivity contribution in [3.8, 4) is 0 Å². The SMILES string of the molecule is CCNC(c1ccn(C)n1)c1ccncc1CC. The van der Waals surface area contributed by atoms with Crippen LogP contribution in [-0.2, 0) is 13.5 Å². The molecule has 0 radical (unpaired) electrons. The Balaban J connectivity index is 2.41. The Morgan fingerprint density at radius 1 is 1.33 bits per heavy atom. The fourth-order valence-corrected chi connectivity index (χ4v) is 2.18. The summed E-state index contributed by atoms with van der Waals surface area (Å²) in [6.07, 6.45) is 6.76. The molecule has 2 rings (SSSR count). The molecule has 4 nitrogen and oxygen atoms in total. The third kappa shape index (κ3) is 2.59. The van der Waals surface area contributed by atoms with Gasteiger partial charge in [0.1, 0.15) is 0 Å². The number of pyridine rings is 1. The monoisotopic (exact) mass is 244 g/mol. The maximum absolute atomic E-state index is 4.52. The van der Waals surface area contributed by atoms with Crippen molar-refractivity contribution in [2.24, 2.45) is 7.05 Å². The van der Waals surface area contributed by atoms with Gasteiger partial charge in [0, 0.05) is 25.6 Å². The molecule has 1 unspecified atom stereocenters. The third-order valence-electron chi connectivity index (χ3n) is 3.07. The topological polar surface area (TPSA) is 42.7 Å². The van der Waals surface area contributed by atoms with Gasteiger partial charge in [0.25, 0.3) is 0 Å². The maximum atomic E-state index is 4.52. The molecule has 0 saturated carbocycles. The molecule has 0 fully saturated rings. The molecular weight excluding hydrogens is 224 g/mol. The molecule has 2 aromatic rings. The zero-order chi connectivity index (χ0) is 13.0. The molecule has 0 aromatic carbocycles. The molecule has 0 amide bonds. The minimum atomic E-state index is 0.147. The van der Waals surface area contributed by atoms with E-state index in [9.17, 15) is 0 Å². The average molecular weight is 244 g/mol. The summed E-state index contributed by atoms with van der Waals surface area (Å²) in [6.45, 7) is 5.18. The lowest BCUT2D eigenvalue weighted by molar-refractivity contribution is 0.595. The van der Waals surface area contributed by atoms with Crippen LogP contribution in [0.25, 0.3) is 0 Å². The Morgan fingerprint density at radius 3 is 2.78 bits per heavy atom. The first-order valence-corrected chi connectivity index (χ1v) is 6.42. The Hall–Kier alpha value is -1.68. The molecule has 0 aliphatic carbocycles. The minimum Gasteiger partial charge on any atom is -0.305 e. The van der Waals surface area contributed by atoms with Gasteiger partial charge >= 0.3 is 0 Å². The molecule has 18 heavy (non-hydrogen) atoms. The molecule has 4 heteroatoms. The normalized spacial score (nSPS) is 12.6. The number of nitrogens with one attached hydrogen (secondary N) is 1. The van der Waals surface area contributed by atoms with Crippen LogP contribution in [0.5, 0.6) is 0 Å². The summed E-state index contributed by atoms with van der Waals surface area (Å²) in [5.74, 6) is 0. The molecule has 0 aliphatic rings. The van der Waals surface area contributed by atoms with E-state index in [0.717, 1.165) is 18.7 Å². The molecular formula is C14H20N4. The zero-order valence-electron chi connectivity index (χ0n) is 11.2. The Kier molecular flexibility index (Phi) is 4.10. The van der Waals surface area contributed by atoms with Crippen LogP contribution in [0.1, 0.15) is 36.7 Å². The van der Waals surface area contributed by atoms with E-state index < -0.39 is 0 Å². The number of rotatable bonds is 5. The first-order chi connectivity index (χ1) is 8.76. The van der Waals surface area contributed by atoms with Crippen molar-refractivity contribution < 1.29 is 0 Å². The highest BCUT2D eigenvalue weighted by Crippen LogP contribution is 2.23. The second kappa shape index (κ2) is 5.78. The quantitative estimate of drug-likeness (QED) is 0.875. The Labute approximate surface area is 108 Å². The van der Waals surface area contributed by atoms with Gasteiger partial charge in [-0.25, -0.2) is 0 Å². The first-order valence-electron chi connectivity index (χ1n) is 6.42. The highest BCUT2D eigenvalue weighted by atomic mass is 15.3. The Bertz CT molecular complexity index is 504. The van der Waals surface area contributed by atoms with Crippen molar-refractivity contribution in [1.82, 2.24) is 20.1 Å². The molecule has 1 N–H and O–H groups in total. The fourth-order valence-electron chi connectivity index (χ4n) is 2.18.